The van der Waals surface area contributed by atoms with E-state index < -0.39 is 23.1 Å². The molecular formula is C12H6O4. The Labute approximate surface area is 90.6 Å². The van der Waals surface area contributed by atoms with Gasteiger partial charge >= 0.3 is 0 Å². The third kappa shape index (κ3) is 1.72. The van der Waals surface area contributed by atoms with Crippen LogP contribution < -0.4 is 0 Å². The smallest absolute Gasteiger partial charge is 0.226 e. The zero-order chi connectivity index (χ0) is 11.7. The van der Waals surface area contributed by atoms with Gasteiger partial charge in [0.1, 0.15) is 0 Å². The normalized spacial score (nSPS) is 20.0. The maximum Gasteiger partial charge on any atom is 0.226 e. The zero-order valence-electron chi connectivity index (χ0n) is 8.10. The molecule has 4 nitrogen and oxygen atoms in total. The first-order valence-corrected chi connectivity index (χ1v) is 4.54. The zero-order valence-corrected chi connectivity index (χ0v) is 8.10. The summed E-state index contributed by atoms with van der Waals surface area (Å²) in [5.41, 5.74) is 0.920. The number of ketones is 4. The Morgan fingerprint density at radius 2 is 0.875 bits per heavy atom. The molecule has 0 radical (unpaired) electrons. The molecule has 0 bridgehead atoms. The fourth-order valence-electron chi connectivity index (χ4n) is 1.38. The molecule has 0 aromatic carbocycles. The molecule has 0 saturated carbocycles. The lowest BCUT2D eigenvalue weighted by atomic mass is 9.94. The van der Waals surface area contributed by atoms with Crippen molar-refractivity contribution in [2.24, 2.45) is 0 Å². The Morgan fingerprint density at radius 3 is 1.19 bits per heavy atom. The molecule has 0 aromatic heterocycles. The summed E-state index contributed by atoms with van der Waals surface area (Å²) < 4.78 is 0. The molecule has 0 spiro atoms. The Kier molecular flexibility index (Phi) is 2.32. The van der Waals surface area contributed by atoms with Crippen molar-refractivity contribution < 1.29 is 19.2 Å². The maximum atomic E-state index is 11.1. The van der Waals surface area contributed by atoms with Crippen molar-refractivity contribution in [2.45, 2.75) is 0 Å². The largest absolute Gasteiger partial charge is 0.286 e. The van der Waals surface area contributed by atoms with Crippen LogP contribution >= 0.6 is 0 Å². The van der Waals surface area contributed by atoms with Crippen molar-refractivity contribution in [1.29, 1.82) is 0 Å². The van der Waals surface area contributed by atoms with Crippen LogP contribution in [0.5, 0.6) is 0 Å². The van der Waals surface area contributed by atoms with Crippen molar-refractivity contribution >= 4 is 23.1 Å². The first-order chi connectivity index (χ1) is 7.58. The number of carbonyl (C=O) groups is 4. The van der Waals surface area contributed by atoms with Crippen LogP contribution in [-0.2, 0) is 19.2 Å². The maximum absolute atomic E-state index is 11.1. The van der Waals surface area contributed by atoms with Gasteiger partial charge in [-0.05, 0) is 35.5 Å². The van der Waals surface area contributed by atoms with E-state index in [-0.39, 0.29) is 0 Å². The second-order valence-electron chi connectivity index (χ2n) is 3.32. The predicted molar refractivity (Wildman–Crippen MR) is 54.5 cm³/mol. The summed E-state index contributed by atoms with van der Waals surface area (Å²) in [7, 11) is 0. The van der Waals surface area contributed by atoms with Crippen molar-refractivity contribution in [1.82, 2.24) is 0 Å². The molecule has 2 rings (SSSR count). The van der Waals surface area contributed by atoms with Crippen molar-refractivity contribution in [3.8, 4) is 0 Å². The highest BCUT2D eigenvalue weighted by molar-refractivity contribution is 6.48. The Balaban J connectivity index is 2.36. The molecule has 2 aliphatic rings. The minimum absolute atomic E-state index is 0.460. The van der Waals surface area contributed by atoms with Gasteiger partial charge in [-0.2, -0.15) is 0 Å². The van der Waals surface area contributed by atoms with Gasteiger partial charge in [0.15, 0.2) is 0 Å². The molecule has 78 valence electrons. The molecule has 0 N–H and O–H groups in total. The molecule has 0 aliphatic heterocycles. The Hall–Kier alpha value is -2.36. The summed E-state index contributed by atoms with van der Waals surface area (Å²) in [6, 6.07) is 0. The quantitative estimate of drug-likeness (QED) is 0.463. The van der Waals surface area contributed by atoms with Crippen molar-refractivity contribution in [3.63, 3.8) is 0 Å². The SMILES string of the molecule is O=C1C=CC(C2=CC(=O)C(=O)C=C2)=CC1=O. The third-order valence-electron chi connectivity index (χ3n) is 2.22. The topological polar surface area (TPSA) is 68.3 Å². The van der Waals surface area contributed by atoms with E-state index in [1.165, 1.54) is 12.2 Å². The minimum Gasteiger partial charge on any atom is -0.286 e. The van der Waals surface area contributed by atoms with E-state index in [2.05, 4.69) is 0 Å². The van der Waals surface area contributed by atoms with Crippen LogP contribution in [0.1, 0.15) is 0 Å². The second kappa shape index (κ2) is 3.66. The van der Waals surface area contributed by atoms with Crippen LogP contribution in [0.25, 0.3) is 0 Å². The van der Waals surface area contributed by atoms with Gasteiger partial charge in [0.05, 0.1) is 0 Å². The fourth-order valence-corrected chi connectivity index (χ4v) is 1.38. The van der Waals surface area contributed by atoms with Crippen molar-refractivity contribution in [3.05, 3.63) is 47.6 Å². The lowest BCUT2D eigenvalue weighted by molar-refractivity contribution is -0.131. The van der Waals surface area contributed by atoms with E-state index in [4.69, 9.17) is 0 Å². The molecule has 0 atom stereocenters. The van der Waals surface area contributed by atoms with Gasteiger partial charge in [0.2, 0.25) is 23.1 Å². The average Bonchev–Trinajstić information content (AvgIpc) is 2.26. The highest BCUT2D eigenvalue weighted by Crippen LogP contribution is 2.19. The molecule has 4 heteroatoms. The Morgan fingerprint density at radius 1 is 0.500 bits per heavy atom. The average molecular weight is 214 g/mol. The molecule has 16 heavy (non-hydrogen) atoms. The van der Waals surface area contributed by atoms with Crippen LogP contribution in [0, 0.1) is 0 Å². The number of rotatable bonds is 1. The number of hydrogen-bond acceptors (Lipinski definition) is 4. The van der Waals surface area contributed by atoms with Crippen LogP contribution in [-0.4, -0.2) is 23.1 Å². The van der Waals surface area contributed by atoms with Crippen LogP contribution in [0.4, 0.5) is 0 Å². The van der Waals surface area contributed by atoms with E-state index in [1.807, 2.05) is 0 Å². The standard InChI is InChI=1S/C12H6O4/c13-9-3-1-7(5-11(9)15)8-2-4-10(14)12(16)6-8/h1-6H. The fraction of sp³-hybridized carbons (Fsp3) is 0. The van der Waals surface area contributed by atoms with Gasteiger partial charge in [-0.1, -0.05) is 12.2 Å². The van der Waals surface area contributed by atoms with Gasteiger partial charge in [0.25, 0.3) is 0 Å². The van der Waals surface area contributed by atoms with E-state index in [1.54, 1.807) is 0 Å². The Bertz CT molecular complexity index is 491. The van der Waals surface area contributed by atoms with E-state index >= 15 is 0 Å². The highest BCUT2D eigenvalue weighted by Gasteiger charge is 2.18. The number of allylic oxidation sites excluding steroid dienone is 8. The number of hydrogen-bond donors (Lipinski definition) is 0. The molecule has 0 unspecified atom stereocenters. The first kappa shape index (κ1) is 10.2. The molecule has 0 heterocycles. The van der Waals surface area contributed by atoms with Gasteiger partial charge in [-0.3, -0.25) is 19.2 Å². The minimum atomic E-state index is -0.629. The van der Waals surface area contributed by atoms with Gasteiger partial charge < -0.3 is 0 Å². The lowest BCUT2D eigenvalue weighted by Gasteiger charge is -2.08. The van der Waals surface area contributed by atoms with E-state index in [0.29, 0.717) is 11.1 Å². The summed E-state index contributed by atoms with van der Waals surface area (Å²) in [5, 5.41) is 0. The van der Waals surface area contributed by atoms with Crippen LogP contribution in [0.2, 0.25) is 0 Å². The molecule has 0 aromatic rings. The van der Waals surface area contributed by atoms with Crippen LogP contribution in [0.3, 0.4) is 0 Å². The first-order valence-electron chi connectivity index (χ1n) is 4.54. The highest BCUT2D eigenvalue weighted by atomic mass is 16.2. The lowest BCUT2D eigenvalue weighted by Crippen LogP contribution is -2.15. The second-order valence-corrected chi connectivity index (χ2v) is 3.32. The molecule has 0 saturated heterocycles. The molecule has 0 amide bonds. The molecular weight excluding hydrogens is 208 g/mol. The van der Waals surface area contributed by atoms with Crippen LogP contribution in [0.15, 0.2) is 47.6 Å². The van der Waals surface area contributed by atoms with Gasteiger partial charge in [0, 0.05) is 0 Å². The third-order valence-corrected chi connectivity index (χ3v) is 2.22. The van der Waals surface area contributed by atoms with E-state index in [9.17, 15) is 19.2 Å². The summed E-state index contributed by atoms with van der Waals surface area (Å²) in [6.45, 7) is 0. The van der Waals surface area contributed by atoms with E-state index in [0.717, 1.165) is 24.3 Å². The molecule has 2 aliphatic carbocycles. The van der Waals surface area contributed by atoms with Crippen molar-refractivity contribution in [2.75, 3.05) is 0 Å². The summed E-state index contributed by atoms with van der Waals surface area (Å²) in [5.74, 6) is -2.44. The van der Waals surface area contributed by atoms with Gasteiger partial charge in [-0.15, -0.1) is 0 Å². The number of carbonyl (C=O) groups excluding carboxylic acids is 4. The summed E-state index contributed by atoms with van der Waals surface area (Å²) in [4.78, 5) is 44.0. The monoisotopic (exact) mass is 214 g/mol. The predicted octanol–water partition coefficient (Wildman–Crippen LogP) is 0.255. The summed E-state index contributed by atoms with van der Waals surface area (Å²) in [6.07, 6.45) is 7.50. The molecule has 0 fully saturated rings. The van der Waals surface area contributed by atoms with Gasteiger partial charge in [-0.25, -0.2) is 0 Å². The summed E-state index contributed by atoms with van der Waals surface area (Å²) >= 11 is 0.